The van der Waals surface area contributed by atoms with Gasteiger partial charge in [-0.1, -0.05) is 12.1 Å². The third kappa shape index (κ3) is 3.97. The van der Waals surface area contributed by atoms with Crippen molar-refractivity contribution in [2.45, 2.75) is 12.5 Å². The number of hydrogen-bond donors (Lipinski definition) is 1. The van der Waals surface area contributed by atoms with E-state index in [1.54, 1.807) is 23.7 Å². The van der Waals surface area contributed by atoms with Gasteiger partial charge in [-0.25, -0.2) is 9.37 Å². The first-order valence-electron chi connectivity index (χ1n) is 8.11. The van der Waals surface area contributed by atoms with E-state index in [1.807, 2.05) is 19.0 Å². The molecule has 0 radical (unpaired) electrons. The van der Waals surface area contributed by atoms with Crippen LogP contribution in [0, 0.1) is 5.82 Å². The molecule has 0 aliphatic carbocycles. The molecule has 1 atom stereocenters. The number of aromatic nitrogens is 2. The number of nitrogens with one attached hydrogen (secondary N) is 1. The minimum Gasteiger partial charge on any atom is -0.345 e. The fourth-order valence-corrected chi connectivity index (χ4v) is 3.30. The maximum Gasteiger partial charge on any atom is 0.271 e. The number of amides is 1. The van der Waals surface area contributed by atoms with Gasteiger partial charge in [-0.15, -0.1) is 11.3 Å². The van der Waals surface area contributed by atoms with E-state index >= 15 is 0 Å². The van der Waals surface area contributed by atoms with E-state index < -0.39 is 11.5 Å². The Balaban J connectivity index is 1.86. The van der Waals surface area contributed by atoms with Crippen LogP contribution in [-0.4, -0.2) is 40.8 Å². The molecule has 0 fully saturated rings. The minimum absolute atomic E-state index is 0.0159. The highest BCUT2D eigenvalue weighted by Crippen LogP contribution is 2.18. The molecule has 0 saturated carbocycles. The van der Waals surface area contributed by atoms with Gasteiger partial charge in [0.25, 0.3) is 11.5 Å². The number of carbonyl (C=O) groups excluding carboxylic acids is 1. The van der Waals surface area contributed by atoms with Crippen molar-refractivity contribution >= 4 is 22.2 Å². The Kier molecular flexibility index (Phi) is 5.43. The molecule has 0 bridgehead atoms. The van der Waals surface area contributed by atoms with Crippen molar-refractivity contribution in [1.82, 2.24) is 19.6 Å². The van der Waals surface area contributed by atoms with E-state index in [0.29, 0.717) is 11.4 Å². The van der Waals surface area contributed by atoms with Crippen LogP contribution in [-0.2, 0) is 0 Å². The van der Waals surface area contributed by atoms with Gasteiger partial charge in [0.2, 0.25) is 0 Å². The molecule has 0 saturated heterocycles. The topological polar surface area (TPSA) is 66.7 Å². The Labute approximate surface area is 153 Å². The molecule has 8 heteroatoms. The molecule has 3 rings (SSSR count). The second-order valence-electron chi connectivity index (χ2n) is 6.20. The Morgan fingerprint density at radius 1 is 1.35 bits per heavy atom. The number of benzene rings is 1. The summed E-state index contributed by atoms with van der Waals surface area (Å²) in [5.74, 6) is -0.826. The van der Waals surface area contributed by atoms with Crippen LogP contribution in [0.15, 0.2) is 46.8 Å². The Hall–Kier alpha value is -2.58. The fourth-order valence-electron chi connectivity index (χ4n) is 2.62. The summed E-state index contributed by atoms with van der Waals surface area (Å²) in [6, 6.07) is 5.66. The van der Waals surface area contributed by atoms with Crippen molar-refractivity contribution in [1.29, 1.82) is 0 Å². The Morgan fingerprint density at radius 3 is 2.77 bits per heavy atom. The SMILES string of the molecule is CN(C)CCC(NC(=O)c1cnc2sccn2c1=O)c1ccc(F)cc1. The molecule has 0 aliphatic rings. The lowest BCUT2D eigenvalue weighted by Gasteiger charge is -2.21. The van der Waals surface area contributed by atoms with Crippen LogP contribution in [0.2, 0.25) is 0 Å². The van der Waals surface area contributed by atoms with E-state index in [0.717, 1.165) is 12.1 Å². The van der Waals surface area contributed by atoms with Crippen LogP contribution >= 0.6 is 11.3 Å². The zero-order valence-corrected chi connectivity index (χ0v) is 15.3. The number of hydrogen-bond acceptors (Lipinski definition) is 5. The summed E-state index contributed by atoms with van der Waals surface area (Å²) in [6.07, 6.45) is 3.52. The van der Waals surface area contributed by atoms with E-state index in [1.165, 1.54) is 34.1 Å². The molecular formula is C18H19FN4O2S. The molecule has 1 amide bonds. The first kappa shape index (κ1) is 18.2. The average Bonchev–Trinajstić information content (AvgIpc) is 3.09. The summed E-state index contributed by atoms with van der Waals surface area (Å²) in [4.78, 5) is 31.8. The lowest BCUT2D eigenvalue weighted by atomic mass is 10.0. The zero-order chi connectivity index (χ0) is 18.7. The van der Waals surface area contributed by atoms with E-state index in [-0.39, 0.29) is 17.4 Å². The largest absolute Gasteiger partial charge is 0.345 e. The fraction of sp³-hybridized carbons (Fsp3) is 0.278. The molecular weight excluding hydrogens is 355 g/mol. The monoisotopic (exact) mass is 374 g/mol. The summed E-state index contributed by atoms with van der Waals surface area (Å²) in [7, 11) is 3.87. The van der Waals surface area contributed by atoms with Crippen LogP contribution in [0.3, 0.4) is 0 Å². The molecule has 1 unspecified atom stereocenters. The lowest BCUT2D eigenvalue weighted by molar-refractivity contribution is 0.0930. The van der Waals surface area contributed by atoms with Gasteiger partial charge in [0.15, 0.2) is 4.96 Å². The predicted molar refractivity (Wildman–Crippen MR) is 99.1 cm³/mol. The van der Waals surface area contributed by atoms with Gasteiger partial charge >= 0.3 is 0 Å². The maximum absolute atomic E-state index is 13.2. The van der Waals surface area contributed by atoms with Crippen molar-refractivity contribution in [2.75, 3.05) is 20.6 Å². The normalized spacial score (nSPS) is 12.5. The van der Waals surface area contributed by atoms with Gasteiger partial charge in [0.1, 0.15) is 11.4 Å². The molecule has 3 aromatic rings. The van der Waals surface area contributed by atoms with Crippen LogP contribution in [0.5, 0.6) is 0 Å². The molecule has 6 nitrogen and oxygen atoms in total. The van der Waals surface area contributed by atoms with E-state index in [9.17, 15) is 14.0 Å². The van der Waals surface area contributed by atoms with Gasteiger partial charge in [0, 0.05) is 17.8 Å². The quantitative estimate of drug-likeness (QED) is 0.719. The van der Waals surface area contributed by atoms with Gasteiger partial charge in [0.05, 0.1) is 6.04 Å². The summed E-state index contributed by atoms with van der Waals surface area (Å²) >= 11 is 1.32. The molecule has 26 heavy (non-hydrogen) atoms. The standard InChI is InChI=1S/C18H19FN4O2S/c1-22(2)8-7-15(12-3-5-13(19)6-4-12)21-16(24)14-11-20-18-23(17(14)25)9-10-26-18/h3-6,9-11,15H,7-8H2,1-2H3,(H,21,24). The van der Waals surface area contributed by atoms with Gasteiger partial charge in [-0.2, -0.15) is 0 Å². The third-order valence-corrected chi connectivity index (χ3v) is 4.80. The molecule has 1 aromatic carbocycles. The van der Waals surface area contributed by atoms with Gasteiger partial charge < -0.3 is 10.2 Å². The van der Waals surface area contributed by atoms with Crippen molar-refractivity contribution < 1.29 is 9.18 Å². The second kappa shape index (κ2) is 7.76. The Morgan fingerprint density at radius 2 is 2.08 bits per heavy atom. The van der Waals surface area contributed by atoms with E-state index in [4.69, 9.17) is 0 Å². The number of halogens is 1. The average molecular weight is 374 g/mol. The molecule has 2 heterocycles. The number of fused-ring (bicyclic) bond motifs is 1. The molecule has 2 aromatic heterocycles. The summed E-state index contributed by atoms with van der Waals surface area (Å²) in [5, 5.41) is 4.62. The number of thiazole rings is 1. The summed E-state index contributed by atoms with van der Waals surface area (Å²) in [5.41, 5.74) is 0.364. The second-order valence-corrected chi connectivity index (χ2v) is 7.08. The smallest absolute Gasteiger partial charge is 0.271 e. The first-order valence-corrected chi connectivity index (χ1v) is 8.99. The van der Waals surface area contributed by atoms with Gasteiger partial charge in [-0.05, 0) is 44.8 Å². The molecule has 136 valence electrons. The highest BCUT2D eigenvalue weighted by molar-refractivity contribution is 7.15. The van der Waals surface area contributed by atoms with Crippen LogP contribution in [0.25, 0.3) is 4.96 Å². The van der Waals surface area contributed by atoms with Crippen molar-refractivity contribution in [3.63, 3.8) is 0 Å². The lowest BCUT2D eigenvalue weighted by Crippen LogP contribution is -2.35. The van der Waals surface area contributed by atoms with Gasteiger partial charge in [-0.3, -0.25) is 14.0 Å². The third-order valence-electron chi connectivity index (χ3n) is 4.03. The van der Waals surface area contributed by atoms with Crippen LogP contribution in [0.1, 0.15) is 28.4 Å². The number of nitrogens with zero attached hydrogens (tertiary/aromatic N) is 3. The number of carbonyl (C=O) groups is 1. The minimum atomic E-state index is -0.490. The van der Waals surface area contributed by atoms with Crippen molar-refractivity contribution in [2.24, 2.45) is 0 Å². The predicted octanol–water partition coefficient (Wildman–Crippen LogP) is 2.32. The highest BCUT2D eigenvalue weighted by atomic mass is 32.1. The van der Waals surface area contributed by atoms with E-state index in [2.05, 4.69) is 10.3 Å². The van der Waals surface area contributed by atoms with Crippen molar-refractivity contribution in [3.05, 3.63) is 69.3 Å². The molecule has 0 spiro atoms. The van der Waals surface area contributed by atoms with Crippen LogP contribution < -0.4 is 10.9 Å². The summed E-state index contributed by atoms with van der Waals surface area (Å²) in [6.45, 7) is 0.725. The Bertz CT molecular complexity index is 965. The molecule has 1 N–H and O–H groups in total. The zero-order valence-electron chi connectivity index (χ0n) is 14.5. The van der Waals surface area contributed by atoms with Crippen molar-refractivity contribution in [3.8, 4) is 0 Å². The maximum atomic E-state index is 13.2. The molecule has 0 aliphatic heterocycles. The number of rotatable bonds is 6. The first-order chi connectivity index (χ1) is 12.5. The summed E-state index contributed by atoms with van der Waals surface area (Å²) < 4.78 is 14.6. The highest BCUT2D eigenvalue weighted by Gasteiger charge is 2.19. The van der Waals surface area contributed by atoms with Crippen LogP contribution in [0.4, 0.5) is 4.39 Å².